The SMILES string of the molecule is CC(=O)Nc1nc(CSCCC(=O)O)cs1. The lowest BCUT2D eigenvalue weighted by atomic mass is 10.5. The molecule has 7 heteroatoms. The molecule has 88 valence electrons. The summed E-state index contributed by atoms with van der Waals surface area (Å²) in [5, 5.41) is 13.5. The first-order valence-electron chi connectivity index (χ1n) is 4.59. The van der Waals surface area contributed by atoms with Gasteiger partial charge in [0.25, 0.3) is 0 Å². The van der Waals surface area contributed by atoms with E-state index in [2.05, 4.69) is 10.3 Å². The van der Waals surface area contributed by atoms with Crippen LogP contribution < -0.4 is 5.32 Å². The number of hydrogen-bond donors (Lipinski definition) is 2. The van der Waals surface area contributed by atoms with Gasteiger partial charge in [-0.1, -0.05) is 0 Å². The minimum absolute atomic E-state index is 0.139. The van der Waals surface area contributed by atoms with Crippen molar-refractivity contribution in [2.24, 2.45) is 0 Å². The molecule has 1 aromatic rings. The van der Waals surface area contributed by atoms with Crippen LogP contribution in [0.1, 0.15) is 19.0 Å². The Morgan fingerprint density at radius 3 is 3.00 bits per heavy atom. The molecule has 0 radical (unpaired) electrons. The van der Waals surface area contributed by atoms with Gasteiger partial charge in [-0.15, -0.1) is 11.3 Å². The Bertz CT molecular complexity index is 379. The fourth-order valence-electron chi connectivity index (χ4n) is 0.917. The number of carbonyl (C=O) groups is 2. The standard InChI is InChI=1S/C9H12N2O3S2/c1-6(12)10-9-11-7(5-16-9)4-15-3-2-8(13)14/h5H,2-4H2,1H3,(H,13,14)(H,10,11,12). The molecule has 1 rings (SSSR count). The number of thiazole rings is 1. The van der Waals surface area contributed by atoms with Gasteiger partial charge in [-0.05, 0) is 0 Å². The summed E-state index contributed by atoms with van der Waals surface area (Å²) in [5.74, 6) is 0.315. The van der Waals surface area contributed by atoms with Gasteiger partial charge in [-0.3, -0.25) is 9.59 Å². The van der Waals surface area contributed by atoms with Crippen LogP contribution in [0.15, 0.2) is 5.38 Å². The lowest BCUT2D eigenvalue weighted by Gasteiger charge is -1.96. The molecule has 5 nitrogen and oxygen atoms in total. The summed E-state index contributed by atoms with van der Waals surface area (Å²) in [5.41, 5.74) is 0.865. The first kappa shape index (κ1) is 13.0. The fourth-order valence-corrected chi connectivity index (χ4v) is 2.60. The molecule has 1 heterocycles. The van der Waals surface area contributed by atoms with Crippen molar-refractivity contribution < 1.29 is 14.7 Å². The molecule has 1 amide bonds. The summed E-state index contributed by atoms with van der Waals surface area (Å²) >= 11 is 2.89. The van der Waals surface area contributed by atoms with Gasteiger partial charge in [0.1, 0.15) is 0 Å². The normalized spacial score (nSPS) is 10.1. The number of aliphatic carboxylic acids is 1. The molecule has 0 fully saturated rings. The lowest BCUT2D eigenvalue weighted by Crippen LogP contribution is -2.05. The van der Waals surface area contributed by atoms with Crippen LogP contribution in [0.4, 0.5) is 5.13 Å². The molecule has 0 bridgehead atoms. The zero-order valence-corrected chi connectivity index (χ0v) is 10.4. The minimum Gasteiger partial charge on any atom is -0.481 e. The molecule has 0 atom stereocenters. The third kappa shape index (κ3) is 5.13. The Hall–Kier alpha value is -1.08. The predicted molar refractivity (Wildman–Crippen MR) is 64.8 cm³/mol. The van der Waals surface area contributed by atoms with E-state index in [-0.39, 0.29) is 12.3 Å². The van der Waals surface area contributed by atoms with Crippen molar-refractivity contribution in [1.29, 1.82) is 0 Å². The van der Waals surface area contributed by atoms with Crippen LogP contribution >= 0.6 is 23.1 Å². The number of anilines is 1. The number of nitrogens with zero attached hydrogens (tertiary/aromatic N) is 1. The number of carbonyl (C=O) groups excluding carboxylic acids is 1. The van der Waals surface area contributed by atoms with Crippen LogP contribution in [0.3, 0.4) is 0 Å². The molecule has 0 aliphatic heterocycles. The van der Waals surface area contributed by atoms with E-state index in [1.165, 1.54) is 30.0 Å². The van der Waals surface area contributed by atoms with Crippen LogP contribution in [0.25, 0.3) is 0 Å². The Morgan fingerprint density at radius 2 is 2.38 bits per heavy atom. The van der Waals surface area contributed by atoms with E-state index in [9.17, 15) is 9.59 Å². The maximum absolute atomic E-state index is 10.7. The van der Waals surface area contributed by atoms with Gasteiger partial charge >= 0.3 is 5.97 Å². The number of carboxylic acid groups (broad SMARTS) is 1. The molecule has 0 unspecified atom stereocenters. The second-order valence-corrected chi connectivity index (χ2v) is 4.98. The zero-order valence-electron chi connectivity index (χ0n) is 8.73. The molecule has 0 aromatic carbocycles. The molecule has 0 aliphatic rings. The number of thioether (sulfide) groups is 1. The van der Waals surface area contributed by atoms with Crippen LogP contribution in [0, 0.1) is 0 Å². The van der Waals surface area contributed by atoms with Crippen molar-refractivity contribution in [1.82, 2.24) is 4.98 Å². The Labute approximate surface area is 101 Å². The molecular formula is C9H12N2O3S2. The second kappa shape index (κ2) is 6.49. The Morgan fingerprint density at radius 1 is 1.62 bits per heavy atom. The first-order chi connectivity index (χ1) is 7.58. The van der Waals surface area contributed by atoms with Crippen LogP contribution in [-0.2, 0) is 15.3 Å². The lowest BCUT2D eigenvalue weighted by molar-refractivity contribution is -0.136. The zero-order chi connectivity index (χ0) is 12.0. The summed E-state index contributed by atoms with van der Waals surface area (Å²) in [6.45, 7) is 1.43. The number of amides is 1. The van der Waals surface area contributed by atoms with Gasteiger partial charge < -0.3 is 10.4 Å². The summed E-state index contributed by atoms with van der Waals surface area (Å²) in [6.07, 6.45) is 0.160. The van der Waals surface area contributed by atoms with Gasteiger partial charge in [-0.25, -0.2) is 4.98 Å². The summed E-state index contributed by atoms with van der Waals surface area (Å²) in [7, 11) is 0. The number of carboxylic acids is 1. The number of hydrogen-bond acceptors (Lipinski definition) is 5. The van der Waals surface area contributed by atoms with Gasteiger partial charge in [0.15, 0.2) is 5.13 Å². The third-order valence-electron chi connectivity index (χ3n) is 1.54. The molecule has 0 spiro atoms. The average Bonchev–Trinajstić information content (AvgIpc) is 2.59. The molecule has 0 saturated carbocycles. The van der Waals surface area contributed by atoms with Crippen molar-refractivity contribution in [3.8, 4) is 0 Å². The van der Waals surface area contributed by atoms with E-state index < -0.39 is 5.97 Å². The van der Waals surface area contributed by atoms with E-state index in [0.29, 0.717) is 16.6 Å². The first-order valence-corrected chi connectivity index (χ1v) is 6.63. The monoisotopic (exact) mass is 260 g/mol. The molecule has 1 aromatic heterocycles. The van der Waals surface area contributed by atoms with E-state index >= 15 is 0 Å². The van der Waals surface area contributed by atoms with Crippen LogP contribution in [0.2, 0.25) is 0 Å². The van der Waals surface area contributed by atoms with Crippen molar-refractivity contribution in [3.05, 3.63) is 11.1 Å². The van der Waals surface area contributed by atoms with E-state index in [0.717, 1.165) is 5.69 Å². The van der Waals surface area contributed by atoms with Gasteiger partial charge in [0.05, 0.1) is 12.1 Å². The highest BCUT2D eigenvalue weighted by molar-refractivity contribution is 7.98. The highest BCUT2D eigenvalue weighted by Crippen LogP contribution is 2.19. The van der Waals surface area contributed by atoms with Crippen LogP contribution in [-0.4, -0.2) is 27.7 Å². The minimum atomic E-state index is -0.787. The summed E-state index contributed by atoms with van der Waals surface area (Å²) in [4.78, 5) is 25.2. The maximum Gasteiger partial charge on any atom is 0.304 e. The molecular weight excluding hydrogens is 248 g/mol. The number of rotatable bonds is 6. The van der Waals surface area contributed by atoms with Crippen molar-refractivity contribution in [2.75, 3.05) is 11.1 Å². The smallest absolute Gasteiger partial charge is 0.304 e. The summed E-state index contributed by atoms with van der Waals surface area (Å²) in [6, 6.07) is 0. The second-order valence-electron chi connectivity index (χ2n) is 3.02. The Kier molecular flexibility index (Phi) is 5.27. The van der Waals surface area contributed by atoms with E-state index in [4.69, 9.17) is 5.11 Å². The molecule has 16 heavy (non-hydrogen) atoms. The van der Waals surface area contributed by atoms with E-state index in [1.807, 2.05) is 5.38 Å². The predicted octanol–water partition coefficient (Wildman–Crippen LogP) is 1.81. The Balaban J connectivity index is 2.29. The number of nitrogens with one attached hydrogen (secondary N) is 1. The summed E-state index contributed by atoms with van der Waals surface area (Å²) < 4.78 is 0. The highest BCUT2D eigenvalue weighted by Gasteiger charge is 2.04. The topological polar surface area (TPSA) is 79.3 Å². The molecule has 2 N–H and O–H groups in total. The van der Waals surface area contributed by atoms with Crippen molar-refractivity contribution in [2.45, 2.75) is 19.1 Å². The van der Waals surface area contributed by atoms with Crippen molar-refractivity contribution >= 4 is 40.1 Å². The molecule has 0 aliphatic carbocycles. The fraction of sp³-hybridized carbons (Fsp3) is 0.444. The number of aromatic nitrogens is 1. The van der Waals surface area contributed by atoms with Gasteiger partial charge in [0, 0.05) is 23.8 Å². The largest absolute Gasteiger partial charge is 0.481 e. The highest BCUT2D eigenvalue weighted by atomic mass is 32.2. The molecule has 0 saturated heterocycles. The quantitative estimate of drug-likeness (QED) is 0.763. The maximum atomic E-state index is 10.7. The van der Waals surface area contributed by atoms with Gasteiger partial charge in [0.2, 0.25) is 5.91 Å². The van der Waals surface area contributed by atoms with Gasteiger partial charge in [-0.2, -0.15) is 11.8 Å². The average molecular weight is 260 g/mol. The van der Waals surface area contributed by atoms with E-state index in [1.54, 1.807) is 0 Å². The third-order valence-corrected chi connectivity index (χ3v) is 3.34. The van der Waals surface area contributed by atoms with Crippen LogP contribution in [0.5, 0.6) is 0 Å². The van der Waals surface area contributed by atoms with Crippen molar-refractivity contribution in [3.63, 3.8) is 0 Å².